The van der Waals surface area contributed by atoms with Gasteiger partial charge in [-0.05, 0) is 48.3 Å². The van der Waals surface area contributed by atoms with Crippen molar-refractivity contribution in [2.24, 2.45) is 17.1 Å². The minimum Gasteiger partial charge on any atom is -0.330 e. The van der Waals surface area contributed by atoms with Crippen LogP contribution in [0.5, 0.6) is 0 Å². The molecule has 0 saturated carbocycles. The first-order valence-corrected chi connectivity index (χ1v) is 6.42. The molecular formula is C15H23N. The molecule has 1 aromatic carbocycles. The van der Waals surface area contributed by atoms with Crippen LogP contribution in [-0.2, 0) is 12.8 Å². The SMILES string of the molecule is CC(C)CCC1(CN)Cc2ccccc2C1. The Kier molecular flexibility index (Phi) is 3.34. The molecule has 0 spiro atoms. The molecule has 0 amide bonds. The average Bonchev–Trinajstić information content (AvgIpc) is 2.65. The lowest BCUT2D eigenvalue weighted by atomic mass is 9.79. The van der Waals surface area contributed by atoms with E-state index in [1.165, 1.54) is 36.8 Å². The van der Waals surface area contributed by atoms with Gasteiger partial charge in [-0.25, -0.2) is 0 Å². The fourth-order valence-electron chi connectivity index (χ4n) is 2.79. The van der Waals surface area contributed by atoms with Crippen molar-refractivity contribution in [3.63, 3.8) is 0 Å². The first kappa shape index (κ1) is 11.7. The van der Waals surface area contributed by atoms with E-state index in [-0.39, 0.29) is 0 Å². The fraction of sp³-hybridized carbons (Fsp3) is 0.600. The zero-order valence-electron chi connectivity index (χ0n) is 10.5. The summed E-state index contributed by atoms with van der Waals surface area (Å²) in [6.45, 7) is 5.42. The van der Waals surface area contributed by atoms with E-state index in [4.69, 9.17) is 5.73 Å². The molecule has 0 aromatic heterocycles. The van der Waals surface area contributed by atoms with Crippen molar-refractivity contribution in [3.8, 4) is 0 Å². The Morgan fingerprint density at radius 2 is 1.75 bits per heavy atom. The molecule has 1 aliphatic carbocycles. The molecule has 2 rings (SSSR count). The monoisotopic (exact) mass is 217 g/mol. The lowest BCUT2D eigenvalue weighted by Gasteiger charge is -2.28. The molecule has 0 aliphatic heterocycles. The first-order chi connectivity index (χ1) is 7.65. The van der Waals surface area contributed by atoms with E-state index in [0.29, 0.717) is 5.41 Å². The van der Waals surface area contributed by atoms with E-state index >= 15 is 0 Å². The Morgan fingerprint density at radius 1 is 1.19 bits per heavy atom. The Labute approximate surface area is 99.0 Å². The standard InChI is InChI=1S/C15H23N/c1-12(2)7-8-15(11-16)9-13-5-3-4-6-14(13)10-15/h3-6,12H,7-11,16H2,1-2H3. The summed E-state index contributed by atoms with van der Waals surface area (Å²) in [5, 5.41) is 0. The number of hydrogen-bond donors (Lipinski definition) is 1. The largest absolute Gasteiger partial charge is 0.330 e. The van der Waals surface area contributed by atoms with Crippen molar-refractivity contribution in [2.75, 3.05) is 6.54 Å². The van der Waals surface area contributed by atoms with Crippen molar-refractivity contribution >= 4 is 0 Å². The van der Waals surface area contributed by atoms with E-state index in [1.54, 1.807) is 0 Å². The van der Waals surface area contributed by atoms with Gasteiger partial charge in [-0.1, -0.05) is 44.5 Å². The topological polar surface area (TPSA) is 26.0 Å². The summed E-state index contributed by atoms with van der Waals surface area (Å²) >= 11 is 0. The van der Waals surface area contributed by atoms with Gasteiger partial charge < -0.3 is 5.73 Å². The predicted molar refractivity (Wildman–Crippen MR) is 69.4 cm³/mol. The van der Waals surface area contributed by atoms with Gasteiger partial charge in [0.2, 0.25) is 0 Å². The second-order valence-corrected chi connectivity index (χ2v) is 5.76. The molecule has 0 fully saturated rings. The predicted octanol–water partition coefficient (Wildman–Crippen LogP) is 3.17. The number of hydrogen-bond acceptors (Lipinski definition) is 1. The highest BCUT2D eigenvalue weighted by molar-refractivity contribution is 5.34. The van der Waals surface area contributed by atoms with Crippen LogP contribution in [0.25, 0.3) is 0 Å². The van der Waals surface area contributed by atoms with Crippen LogP contribution in [0.2, 0.25) is 0 Å². The van der Waals surface area contributed by atoms with E-state index in [9.17, 15) is 0 Å². The van der Waals surface area contributed by atoms with Crippen molar-refractivity contribution in [1.82, 2.24) is 0 Å². The van der Waals surface area contributed by atoms with Gasteiger partial charge in [0.1, 0.15) is 0 Å². The summed E-state index contributed by atoms with van der Waals surface area (Å²) < 4.78 is 0. The molecule has 1 aromatic rings. The molecule has 0 unspecified atom stereocenters. The zero-order valence-corrected chi connectivity index (χ0v) is 10.5. The van der Waals surface area contributed by atoms with Gasteiger partial charge in [0, 0.05) is 0 Å². The van der Waals surface area contributed by atoms with Gasteiger partial charge in [-0.3, -0.25) is 0 Å². The molecule has 1 heteroatoms. The smallest absolute Gasteiger partial charge is 0.00141 e. The zero-order chi connectivity index (χ0) is 11.6. The molecule has 0 bridgehead atoms. The molecule has 16 heavy (non-hydrogen) atoms. The quantitative estimate of drug-likeness (QED) is 0.823. The average molecular weight is 217 g/mol. The number of nitrogens with two attached hydrogens (primary N) is 1. The summed E-state index contributed by atoms with van der Waals surface area (Å²) in [5.74, 6) is 0.784. The molecular weight excluding hydrogens is 194 g/mol. The maximum atomic E-state index is 6.03. The van der Waals surface area contributed by atoms with E-state index in [0.717, 1.165) is 12.5 Å². The van der Waals surface area contributed by atoms with Crippen LogP contribution in [0.4, 0.5) is 0 Å². The number of rotatable bonds is 4. The molecule has 1 nitrogen and oxygen atoms in total. The summed E-state index contributed by atoms with van der Waals surface area (Å²) in [6, 6.07) is 8.83. The van der Waals surface area contributed by atoms with Crippen LogP contribution in [0.3, 0.4) is 0 Å². The minimum atomic E-state index is 0.355. The maximum Gasteiger partial charge on any atom is -0.00141 e. The summed E-state index contributed by atoms with van der Waals surface area (Å²) in [5.41, 5.74) is 9.44. The van der Waals surface area contributed by atoms with Gasteiger partial charge in [-0.15, -0.1) is 0 Å². The van der Waals surface area contributed by atoms with Crippen molar-refractivity contribution in [3.05, 3.63) is 35.4 Å². The molecule has 0 radical (unpaired) electrons. The molecule has 0 atom stereocenters. The van der Waals surface area contributed by atoms with Crippen LogP contribution in [-0.4, -0.2) is 6.54 Å². The highest BCUT2D eigenvalue weighted by Crippen LogP contribution is 2.40. The Balaban J connectivity index is 2.10. The van der Waals surface area contributed by atoms with Gasteiger partial charge >= 0.3 is 0 Å². The number of fused-ring (bicyclic) bond motifs is 1. The van der Waals surface area contributed by atoms with Gasteiger partial charge in [0.05, 0.1) is 0 Å². The van der Waals surface area contributed by atoms with Gasteiger partial charge in [-0.2, -0.15) is 0 Å². The van der Waals surface area contributed by atoms with Crippen LogP contribution < -0.4 is 5.73 Å². The lowest BCUT2D eigenvalue weighted by molar-refractivity contribution is 0.266. The van der Waals surface area contributed by atoms with E-state index in [1.807, 2.05) is 0 Å². The summed E-state index contributed by atoms with van der Waals surface area (Å²) in [7, 11) is 0. The van der Waals surface area contributed by atoms with Crippen LogP contribution in [0.1, 0.15) is 37.8 Å². The second kappa shape index (κ2) is 4.58. The molecule has 0 saturated heterocycles. The number of benzene rings is 1. The van der Waals surface area contributed by atoms with Crippen LogP contribution in [0, 0.1) is 11.3 Å². The third-order valence-electron chi connectivity index (χ3n) is 3.93. The normalized spacial score (nSPS) is 17.8. The van der Waals surface area contributed by atoms with E-state index < -0.39 is 0 Å². The van der Waals surface area contributed by atoms with Crippen LogP contribution >= 0.6 is 0 Å². The Hall–Kier alpha value is -0.820. The highest BCUT2D eigenvalue weighted by Gasteiger charge is 2.35. The maximum absolute atomic E-state index is 6.03. The molecule has 2 N–H and O–H groups in total. The minimum absolute atomic E-state index is 0.355. The lowest BCUT2D eigenvalue weighted by Crippen LogP contribution is -2.31. The molecule has 0 heterocycles. The Bertz CT molecular complexity index is 329. The van der Waals surface area contributed by atoms with Gasteiger partial charge in [0.15, 0.2) is 0 Å². The second-order valence-electron chi connectivity index (χ2n) is 5.76. The van der Waals surface area contributed by atoms with Crippen molar-refractivity contribution in [2.45, 2.75) is 39.5 Å². The third kappa shape index (κ3) is 2.30. The first-order valence-electron chi connectivity index (χ1n) is 6.42. The fourth-order valence-corrected chi connectivity index (χ4v) is 2.79. The summed E-state index contributed by atoms with van der Waals surface area (Å²) in [4.78, 5) is 0. The van der Waals surface area contributed by atoms with Crippen molar-refractivity contribution < 1.29 is 0 Å². The Morgan fingerprint density at radius 3 is 2.19 bits per heavy atom. The van der Waals surface area contributed by atoms with E-state index in [2.05, 4.69) is 38.1 Å². The van der Waals surface area contributed by atoms with Gasteiger partial charge in [0.25, 0.3) is 0 Å². The third-order valence-corrected chi connectivity index (χ3v) is 3.93. The summed E-state index contributed by atoms with van der Waals surface area (Å²) in [6.07, 6.45) is 4.94. The van der Waals surface area contributed by atoms with Crippen LogP contribution in [0.15, 0.2) is 24.3 Å². The molecule has 1 aliphatic rings. The molecule has 88 valence electrons. The highest BCUT2D eigenvalue weighted by atomic mass is 14.6. The van der Waals surface area contributed by atoms with Crippen molar-refractivity contribution in [1.29, 1.82) is 0 Å².